The second-order valence-electron chi connectivity index (χ2n) is 4.03. The fourth-order valence-corrected chi connectivity index (χ4v) is 2.11. The Balaban J connectivity index is 2.14. The Morgan fingerprint density at radius 3 is 2.57 bits per heavy atom. The third kappa shape index (κ3) is 4.14. The number of nitrogens with zero attached hydrogens (tertiary/aromatic N) is 2. The molecule has 1 heterocycles. The number of aromatic carboxylic acids is 1. The van der Waals surface area contributed by atoms with Crippen molar-refractivity contribution in [2.75, 3.05) is 5.32 Å². The molecule has 0 saturated heterocycles. The van der Waals surface area contributed by atoms with Gasteiger partial charge >= 0.3 is 5.97 Å². The summed E-state index contributed by atoms with van der Waals surface area (Å²) < 4.78 is 0. The first-order valence-corrected chi connectivity index (χ1v) is 6.52. The number of carboxylic acid groups (broad SMARTS) is 1. The van der Waals surface area contributed by atoms with E-state index in [1.807, 2.05) is 0 Å². The van der Waals surface area contributed by atoms with Crippen LogP contribution in [-0.4, -0.2) is 27.0 Å². The number of hydrogen-bond acceptors (Lipinski definition) is 4. The van der Waals surface area contributed by atoms with E-state index >= 15 is 0 Å². The van der Waals surface area contributed by atoms with Gasteiger partial charge in [-0.3, -0.25) is 4.79 Å². The highest BCUT2D eigenvalue weighted by Gasteiger charge is 2.13. The van der Waals surface area contributed by atoms with Gasteiger partial charge in [0.05, 0.1) is 12.0 Å². The van der Waals surface area contributed by atoms with Crippen LogP contribution < -0.4 is 5.32 Å². The van der Waals surface area contributed by atoms with Crippen LogP contribution in [0.3, 0.4) is 0 Å². The number of nitrogens with one attached hydrogen (secondary N) is 1. The smallest absolute Gasteiger partial charge is 0.335 e. The monoisotopic (exact) mass is 325 g/mol. The fourth-order valence-electron chi connectivity index (χ4n) is 1.70. The van der Waals surface area contributed by atoms with Gasteiger partial charge in [0.25, 0.3) is 0 Å². The number of rotatable bonds is 4. The van der Waals surface area contributed by atoms with Gasteiger partial charge in [0.2, 0.25) is 11.2 Å². The molecule has 0 spiro atoms. The van der Waals surface area contributed by atoms with E-state index in [1.165, 1.54) is 12.1 Å². The Morgan fingerprint density at radius 1 is 1.19 bits per heavy atom. The molecule has 0 bridgehead atoms. The van der Waals surface area contributed by atoms with Crippen LogP contribution >= 0.6 is 23.2 Å². The van der Waals surface area contributed by atoms with Crippen molar-refractivity contribution in [2.45, 2.75) is 6.42 Å². The minimum absolute atomic E-state index is 0.0754. The lowest BCUT2D eigenvalue weighted by molar-refractivity contribution is -0.115. The van der Waals surface area contributed by atoms with Gasteiger partial charge in [-0.2, -0.15) is 0 Å². The van der Waals surface area contributed by atoms with Crippen molar-refractivity contribution in [3.8, 4) is 0 Å². The quantitative estimate of drug-likeness (QED) is 0.666. The van der Waals surface area contributed by atoms with Crippen LogP contribution in [-0.2, 0) is 11.2 Å². The Kier molecular flexibility index (Phi) is 4.72. The third-order valence-electron chi connectivity index (χ3n) is 2.53. The molecule has 21 heavy (non-hydrogen) atoms. The topological polar surface area (TPSA) is 92.2 Å². The minimum atomic E-state index is -1.09. The average Bonchev–Trinajstić information content (AvgIpc) is 2.37. The second kappa shape index (κ2) is 6.51. The summed E-state index contributed by atoms with van der Waals surface area (Å²) >= 11 is 11.3. The van der Waals surface area contributed by atoms with Crippen LogP contribution in [0.4, 0.5) is 5.82 Å². The van der Waals surface area contributed by atoms with Gasteiger partial charge in [0.1, 0.15) is 11.0 Å². The van der Waals surface area contributed by atoms with Gasteiger partial charge in [-0.25, -0.2) is 14.8 Å². The largest absolute Gasteiger partial charge is 0.478 e. The van der Waals surface area contributed by atoms with Crippen molar-refractivity contribution < 1.29 is 14.7 Å². The first-order chi connectivity index (χ1) is 9.95. The first-order valence-electron chi connectivity index (χ1n) is 5.77. The number of amides is 1. The molecule has 108 valence electrons. The summed E-state index contributed by atoms with van der Waals surface area (Å²) in [7, 11) is 0. The van der Waals surface area contributed by atoms with E-state index in [-0.39, 0.29) is 28.2 Å². The van der Waals surface area contributed by atoms with Gasteiger partial charge in [-0.05, 0) is 23.2 Å². The van der Waals surface area contributed by atoms with Crippen LogP contribution in [0.1, 0.15) is 15.9 Å². The van der Waals surface area contributed by atoms with Crippen molar-refractivity contribution in [3.05, 3.63) is 51.9 Å². The number of carbonyl (C=O) groups is 2. The molecule has 0 saturated carbocycles. The maximum atomic E-state index is 11.9. The van der Waals surface area contributed by atoms with Crippen LogP contribution in [0, 0.1) is 0 Å². The van der Waals surface area contributed by atoms with E-state index in [1.54, 1.807) is 18.2 Å². The predicted molar refractivity (Wildman–Crippen MR) is 77.8 cm³/mol. The van der Waals surface area contributed by atoms with E-state index in [9.17, 15) is 9.59 Å². The van der Waals surface area contributed by atoms with E-state index in [4.69, 9.17) is 28.3 Å². The van der Waals surface area contributed by atoms with E-state index < -0.39 is 11.9 Å². The molecule has 0 fully saturated rings. The number of carbonyl (C=O) groups excluding carboxylic acids is 1. The van der Waals surface area contributed by atoms with Crippen LogP contribution in [0.25, 0.3) is 0 Å². The molecule has 1 aromatic carbocycles. The molecule has 2 aromatic rings. The number of aromatic nitrogens is 2. The van der Waals surface area contributed by atoms with E-state index in [0.717, 1.165) is 0 Å². The molecule has 1 amide bonds. The molecule has 0 aliphatic carbocycles. The zero-order valence-electron chi connectivity index (χ0n) is 10.5. The molecule has 0 radical (unpaired) electrons. The van der Waals surface area contributed by atoms with Crippen molar-refractivity contribution in [2.24, 2.45) is 0 Å². The lowest BCUT2D eigenvalue weighted by Gasteiger charge is -2.07. The average molecular weight is 326 g/mol. The Morgan fingerprint density at radius 2 is 1.90 bits per heavy atom. The third-order valence-corrected chi connectivity index (χ3v) is 2.90. The van der Waals surface area contributed by atoms with Crippen molar-refractivity contribution in [3.63, 3.8) is 0 Å². The van der Waals surface area contributed by atoms with Crippen LogP contribution in [0.15, 0.2) is 30.3 Å². The van der Waals surface area contributed by atoms with Crippen LogP contribution in [0.5, 0.6) is 0 Å². The summed E-state index contributed by atoms with van der Waals surface area (Å²) in [4.78, 5) is 30.4. The molecule has 2 rings (SSSR count). The standard InChI is InChI=1S/C13H9Cl2N3O3/c14-9-6-10(18-13(15)16-9)17-11(19)5-7-3-1-2-4-8(7)12(20)21/h1-4,6H,5H2,(H,20,21)(H,16,17,18,19). The van der Waals surface area contributed by atoms with Gasteiger partial charge in [0, 0.05) is 6.07 Å². The maximum Gasteiger partial charge on any atom is 0.335 e. The predicted octanol–water partition coefficient (Wildman–Crippen LogP) is 2.66. The highest BCUT2D eigenvalue weighted by atomic mass is 35.5. The van der Waals surface area contributed by atoms with E-state index in [0.29, 0.717) is 5.56 Å². The molecular weight excluding hydrogens is 317 g/mol. The zero-order chi connectivity index (χ0) is 15.4. The fraction of sp³-hybridized carbons (Fsp3) is 0.0769. The van der Waals surface area contributed by atoms with Crippen molar-refractivity contribution >= 4 is 40.9 Å². The summed E-state index contributed by atoms with van der Waals surface area (Å²) in [5, 5.41) is 11.5. The Bertz CT molecular complexity index is 687. The molecule has 1 aromatic heterocycles. The summed E-state index contributed by atoms with van der Waals surface area (Å²) in [6.07, 6.45) is -0.109. The Hall–Kier alpha value is -2.18. The zero-order valence-corrected chi connectivity index (χ0v) is 12.0. The van der Waals surface area contributed by atoms with Crippen LogP contribution in [0.2, 0.25) is 10.4 Å². The molecule has 0 aliphatic rings. The summed E-state index contributed by atoms with van der Waals surface area (Å²) in [5.41, 5.74) is 0.472. The lowest BCUT2D eigenvalue weighted by atomic mass is 10.0. The minimum Gasteiger partial charge on any atom is -0.478 e. The SMILES string of the molecule is O=C(Cc1ccccc1C(=O)O)Nc1cc(Cl)nc(Cl)n1. The molecular formula is C13H9Cl2N3O3. The lowest BCUT2D eigenvalue weighted by Crippen LogP contribution is -2.17. The molecule has 0 atom stereocenters. The summed E-state index contributed by atoms with van der Waals surface area (Å²) in [6, 6.07) is 7.60. The van der Waals surface area contributed by atoms with E-state index in [2.05, 4.69) is 15.3 Å². The molecule has 8 heteroatoms. The van der Waals surface area contributed by atoms with Gasteiger partial charge < -0.3 is 10.4 Å². The number of halogens is 2. The highest BCUT2D eigenvalue weighted by Crippen LogP contribution is 2.15. The molecule has 0 unspecified atom stereocenters. The number of carboxylic acids is 1. The van der Waals surface area contributed by atoms with Gasteiger partial charge in [-0.1, -0.05) is 29.8 Å². The number of benzene rings is 1. The molecule has 2 N–H and O–H groups in total. The first kappa shape index (κ1) is 15.2. The maximum absolute atomic E-state index is 11.9. The Labute approximate surface area is 129 Å². The number of anilines is 1. The summed E-state index contributed by atoms with van der Waals surface area (Å²) in [5.74, 6) is -1.38. The van der Waals surface area contributed by atoms with Crippen molar-refractivity contribution in [1.82, 2.24) is 9.97 Å². The summed E-state index contributed by atoms with van der Waals surface area (Å²) in [6.45, 7) is 0. The molecule has 0 aliphatic heterocycles. The normalized spacial score (nSPS) is 10.2. The molecule has 6 nitrogen and oxygen atoms in total. The highest BCUT2D eigenvalue weighted by molar-refractivity contribution is 6.32. The van der Waals surface area contributed by atoms with Crippen molar-refractivity contribution in [1.29, 1.82) is 0 Å². The van der Waals surface area contributed by atoms with Gasteiger partial charge in [-0.15, -0.1) is 0 Å². The van der Waals surface area contributed by atoms with Gasteiger partial charge in [0.15, 0.2) is 0 Å². The second-order valence-corrected chi connectivity index (χ2v) is 4.76. The number of hydrogen-bond donors (Lipinski definition) is 2.